The molecular formula is C12H18ClN3. The molecule has 2 rings (SSSR count). The molecule has 1 saturated heterocycles. The van der Waals surface area contributed by atoms with Gasteiger partial charge in [0.2, 0.25) is 5.95 Å². The molecule has 0 N–H and O–H groups in total. The first-order chi connectivity index (χ1) is 7.66. The van der Waals surface area contributed by atoms with Crippen molar-refractivity contribution in [3.63, 3.8) is 0 Å². The molecule has 0 bridgehead atoms. The minimum Gasteiger partial charge on any atom is -0.341 e. The van der Waals surface area contributed by atoms with Crippen LogP contribution >= 0.6 is 11.6 Å². The third-order valence-electron chi connectivity index (χ3n) is 2.93. The van der Waals surface area contributed by atoms with Crippen LogP contribution < -0.4 is 4.90 Å². The number of piperidine rings is 1. The smallest absolute Gasteiger partial charge is 0.226 e. The van der Waals surface area contributed by atoms with Crippen LogP contribution in [-0.4, -0.2) is 23.1 Å². The number of anilines is 1. The summed E-state index contributed by atoms with van der Waals surface area (Å²) in [5, 5.41) is 0.555. The second-order valence-corrected chi connectivity index (χ2v) is 5.01. The molecule has 0 spiro atoms. The molecule has 16 heavy (non-hydrogen) atoms. The highest BCUT2D eigenvalue weighted by molar-refractivity contribution is 6.29. The summed E-state index contributed by atoms with van der Waals surface area (Å²) in [6.45, 7) is 6.35. The van der Waals surface area contributed by atoms with Crippen molar-refractivity contribution in [3.8, 4) is 0 Å². The number of nitrogens with zero attached hydrogens (tertiary/aromatic N) is 3. The van der Waals surface area contributed by atoms with Crippen LogP contribution in [0, 0.1) is 0 Å². The first-order valence-corrected chi connectivity index (χ1v) is 6.34. The van der Waals surface area contributed by atoms with Gasteiger partial charge >= 0.3 is 0 Å². The van der Waals surface area contributed by atoms with Gasteiger partial charge in [-0.1, -0.05) is 25.4 Å². The summed E-state index contributed by atoms with van der Waals surface area (Å²) in [4.78, 5) is 11.1. The largest absolute Gasteiger partial charge is 0.341 e. The third-order valence-corrected chi connectivity index (χ3v) is 3.13. The molecule has 0 amide bonds. The summed E-state index contributed by atoms with van der Waals surface area (Å²) >= 11 is 6.04. The van der Waals surface area contributed by atoms with Crippen molar-refractivity contribution in [2.75, 3.05) is 18.0 Å². The summed E-state index contributed by atoms with van der Waals surface area (Å²) in [7, 11) is 0. The number of hydrogen-bond acceptors (Lipinski definition) is 3. The lowest BCUT2D eigenvalue weighted by atomic mass is 10.1. The summed E-state index contributed by atoms with van der Waals surface area (Å²) < 4.78 is 0. The highest BCUT2D eigenvalue weighted by Gasteiger charge is 2.15. The van der Waals surface area contributed by atoms with Gasteiger partial charge in [-0.05, 0) is 31.2 Å². The predicted octanol–water partition coefficient (Wildman–Crippen LogP) is 3.24. The van der Waals surface area contributed by atoms with Gasteiger partial charge in [-0.15, -0.1) is 0 Å². The van der Waals surface area contributed by atoms with Crippen molar-refractivity contribution in [2.24, 2.45) is 0 Å². The van der Waals surface area contributed by atoms with Crippen molar-refractivity contribution in [3.05, 3.63) is 16.9 Å². The molecule has 0 radical (unpaired) electrons. The van der Waals surface area contributed by atoms with Gasteiger partial charge in [0, 0.05) is 13.1 Å². The zero-order chi connectivity index (χ0) is 11.5. The fourth-order valence-electron chi connectivity index (χ4n) is 1.95. The topological polar surface area (TPSA) is 29.0 Å². The van der Waals surface area contributed by atoms with Crippen LogP contribution in [0.2, 0.25) is 5.15 Å². The maximum absolute atomic E-state index is 6.04. The lowest BCUT2D eigenvalue weighted by molar-refractivity contribution is 0.566. The summed E-state index contributed by atoms with van der Waals surface area (Å²) in [6.07, 6.45) is 3.77. The summed E-state index contributed by atoms with van der Waals surface area (Å²) in [6, 6.07) is 1.86. The average molecular weight is 240 g/mol. The molecule has 0 unspecified atom stereocenters. The number of halogens is 1. The van der Waals surface area contributed by atoms with E-state index in [9.17, 15) is 0 Å². The van der Waals surface area contributed by atoms with E-state index in [2.05, 4.69) is 28.7 Å². The molecule has 0 atom stereocenters. The van der Waals surface area contributed by atoms with E-state index in [1.807, 2.05) is 6.07 Å². The van der Waals surface area contributed by atoms with Gasteiger partial charge in [0.15, 0.2) is 0 Å². The predicted molar refractivity (Wildman–Crippen MR) is 67.2 cm³/mol. The second-order valence-electron chi connectivity index (χ2n) is 4.62. The molecule has 1 aromatic rings. The Kier molecular flexibility index (Phi) is 3.64. The molecule has 4 heteroatoms. The van der Waals surface area contributed by atoms with E-state index in [0.717, 1.165) is 24.7 Å². The van der Waals surface area contributed by atoms with Gasteiger partial charge in [-0.2, -0.15) is 0 Å². The standard InChI is InChI=1S/C12H18ClN3/c1-9(2)10-8-11(13)15-12(14-10)16-6-4-3-5-7-16/h8-9H,3-7H2,1-2H3. The van der Waals surface area contributed by atoms with E-state index in [-0.39, 0.29) is 0 Å². The molecular weight excluding hydrogens is 222 g/mol. The lowest BCUT2D eigenvalue weighted by Crippen LogP contribution is -2.31. The van der Waals surface area contributed by atoms with Gasteiger partial charge < -0.3 is 4.90 Å². The van der Waals surface area contributed by atoms with Crippen LogP contribution in [-0.2, 0) is 0 Å². The van der Waals surface area contributed by atoms with Crippen molar-refractivity contribution in [1.82, 2.24) is 9.97 Å². The van der Waals surface area contributed by atoms with Crippen molar-refractivity contribution >= 4 is 17.5 Å². The maximum atomic E-state index is 6.04. The molecule has 1 aromatic heterocycles. The molecule has 0 saturated carbocycles. The van der Waals surface area contributed by atoms with Gasteiger partial charge in [-0.3, -0.25) is 0 Å². The molecule has 1 aliphatic rings. The minimum atomic E-state index is 0.393. The summed E-state index contributed by atoms with van der Waals surface area (Å²) in [5.41, 5.74) is 1.03. The van der Waals surface area contributed by atoms with Crippen LogP contribution in [0.1, 0.15) is 44.7 Å². The van der Waals surface area contributed by atoms with E-state index in [1.54, 1.807) is 0 Å². The lowest BCUT2D eigenvalue weighted by Gasteiger charge is -2.27. The van der Waals surface area contributed by atoms with E-state index < -0.39 is 0 Å². The fraction of sp³-hybridized carbons (Fsp3) is 0.667. The normalized spacial score (nSPS) is 16.9. The fourth-order valence-corrected chi connectivity index (χ4v) is 2.14. The average Bonchev–Trinajstić information content (AvgIpc) is 2.29. The van der Waals surface area contributed by atoms with Crippen molar-refractivity contribution in [1.29, 1.82) is 0 Å². The quantitative estimate of drug-likeness (QED) is 0.742. The SMILES string of the molecule is CC(C)c1cc(Cl)nc(N2CCCCC2)n1. The number of rotatable bonds is 2. The van der Waals surface area contributed by atoms with Gasteiger partial charge in [0.05, 0.1) is 5.69 Å². The van der Waals surface area contributed by atoms with Crippen molar-refractivity contribution < 1.29 is 0 Å². The molecule has 1 fully saturated rings. The van der Waals surface area contributed by atoms with Crippen LogP contribution in [0.5, 0.6) is 0 Å². The minimum absolute atomic E-state index is 0.393. The zero-order valence-electron chi connectivity index (χ0n) is 9.91. The first kappa shape index (κ1) is 11.6. The zero-order valence-corrected chi connectivity index (χ0v) is 10.7. The third kappa shape index (κ3) is 2.64. The molecule has 0 aliphatic carbocycles. The maximum Gasteiger partial charge on any atom is 0.226 e. The molecule has 1 aliphatic heterocycles. The van der Waals surface area contributed by atoms with Gasteiger partial charge in [0.1, 0.15) is 5.15 Å². The van der Waals surface area contributed by atoms with E-state index in [0.29, 0.717) is 11.1 Å². The Morgan fingerprint density at radius 3 is 2.50 bits per heavy atom. The van der Waals surface area contributed by atoms with Crippen LogP contribution in [0.25, 0.3) is 0 Å². The number of hydrogen-bond donors (Lipinski definition) is 0. The van der Waals surface area contributed by atoms with E-state index in [4.69, 9.17) is 11.6 Å². The first-order valence-electron chi connectivity index (χ1n) is 5.96. The van der Waals surface area contributed by atoms with Crippen LogP contribution in [0.4, 0.5) is 5.95 Å². The molecule has 88 valence electrons. The molecule has 2 heterocycles. The monoisotopic (exact) mass is 239 g/mol. The Labute approximate surface area is 102 Å². The van der Waals surface area contributed by atoms with E-state index in [1.165, 1.54) is 19.3 Å². The van der Waals surface area contributed by atoms with Crippen LogP contribution in [0.3, 0.4) is 0 Å². The Bertz CT molecular complexity index is 359. The van der Waals surface area contributed by atoms with Gasteiger partial charge in [-0.25, -0.2) is 9.97 Å². The van der Waals surface area contributed by atoms with Crippen molar-refractivity contribution in [2.45, 2.75) is 39.0 Å². The second kappa shape index (κ2) is 5.00. The van der Waals surface area contributed by atoms with E-state index >= 15 is 0 Å². The van der Waals surface area contributed by atoms with Crippen LogP contribution in [0.15, 0.2) is 6.07 Å². The number of aromatic nitrogens is 2. The Morgan fingerprint density at radius 1 is 1.19 bits per heavy atom. The Balaban J connectivity index is 2.25. The van der Waals surface area contributed by atoms with Gasteiger partial charge in [0.25, 0.3) is 0 Å². The highest BCUT2D eigenvalue weighted by atomic mass is 35.5. The Morgan fingerprint density at radius 2 is 1.88 bits per heavy atom. The Hall–Kier alpha value is -0.830. The molecule has 0 aromatic carbocycles. The highest BCUT2D eigenvalue weighted by Crippen LogP contribution is 2.21. The summed E-state index contributed by atoms with van der Waals surface area (Å²) in [5.74, 6) is 1.19. The molecule has 3 nitrogen and oxygen atoms in total.